The van der Waals surface area contributed by atoms with Crippen LogP contribution in [0.4, 0.5) is 11.4 Å². The molecule has 40 heavy (non-hydrogen) atoms. The number of para-hydroxylation sites is 1. The SMILES string of the molecule is O=C(O)c1cc2c(s1)-c1ccccc1N(C(=O)c1ccc(NC(=O)c3ccccc3-c3ccccc3)cc1)CC2. The van der Waals surface area contributed by atoms with Crippen molar-refractivity contribution in [2.24, 2.45) is 0 Å². The lowest BCUT2D eigenvalue weighted by molar-refractivity contribution is 0.0701. The van der Waals surface area contributed by atoms with Crippen LogP contribution >= 0.6 is 11.3 Å². The molecule has 0 saturated carbocycles. The lowest BCUT2D eigenvalue weighted by Crippen LogP contribution is -2.32. The standard InChI is InChI=1S/C33H24N2O4S/c36-31(26-11-5-4-10-25(26)21-8-2-1-3-9-21)34-24-16-14-22(15-17-24)32(37)35-19-18-23-20-29(33(38)39)40-30(23)27-12-6-7-13-28(27)35/h1-17,20H,18-19H2,(H,34,36)(H,38,39). The van der Waals surface area contributed by atoms with E-state index in [1.54, 1.807) is 41.3 Å². The molecule has 0 spiro atoms. The first-order valence-electron chi connectivity index (χ1n) is 12.8. The van der Waals surface area contributed by atoms with E-state index in [1.807, 2.05) is 72.8 Å². The van der Waals surface area contributed by atoms with Crippen LogP contribution in [0.25, 0.3) is 21.6 Å². The molecule has 0 bridgehead atoms. The molecule has 4 aromatic carbocycles. The van der Waals surface area contributed by atoms with E-state index in [-0.39, 0.29) is 11.8 Å². The number of carbonyl (C=O) groups excluding carboxylic acids is 2. The van der Waals surface area contributed by atoms with Crippen LogP contribution in [0.3, 0.4) is 0 Å². The number of hydrogen-bond donors (Lipinski definition) is 2. The molecule has 1 aliphatic rings. The van der Waals surface area contributed by atoms with Gasteiger partial charge in [-0.25, -0.2) is 4.79 Å². The number of carboxylic acid groups (broad SMARTS) is 1. The fourth-order valence-corrected chi connectivity index (χ4v) is 6.10. The predicted molar refractivity (Wildman–Crippen MR) is 158 cm³/mol. The maximum Gasteiger partial charge on any atom is 0.345 e. The van der Waals surface area contributed by atoms with Gasteiger partial charge in [-0.3, -0.25) is 9.59 Å². The van der Waals surface area contributed by atoms with Crippen molar-refractivity contribution in [2.45, 2.75) is 6.42 Å². The quantitative estimate of drug-likeness (QED) is 0.244. The molecule has 1 aromatic heterocycles. The number of rotatable bonds is 5. The number of fused-ring (bicyclic) bond motifs is 3. The van der Waals surface area contributed by atoms with Gasteiger partial charge in [0, 0.05) is 33.8 Å². The summed E-state index contributed by atoms with van der Waals surface area (Å²) in [4.78, 5) is 41.3. The molecule has 0 aliphatic carbocycles. The molecule has 1 aliphatic heterocycles. The summed E-state index contributed by atoms with van der Waals surface area (Å²) in [6.07, 6.45) is 0.550. The predicted octanol–water partition coefficient (Wildman–Crippen LogP) is 7.24. The van der Waals surface area contributed by atoms with Gasteiger partial charge in [0.25, 0.3) is 11.8 Å². The van der Waals surface area contributed by atoms with Crippen molar-refractivity contribution >= 4 is 40.5 Å². The van der Waals surface area contributed by atoms with Crippen LogP contribution in [0.1, 0.15) is 36.0 Å². The molecule has 0 saturated heterocycles. The third-order valence-electron chi connectivity index (χ3n) is 6.96. The number of amides is 2. The molecular weight excluding hydrogens is 520 g/mol. The highest BCUT2D eigenvalue weighted by atomic mass is 32.1. The van der Waals surface area contributed by atoms with Crippen molar-refractivity contribution in [1.82, 2.24) is 0 Å². The number of benzene rings is 4. The average Bonchev–Trinajstić information content (AvgIpc) is 3.36. The second-order valence-electron chi connectivity index (χ2n) is 9.44. The summed E-state index contributed by atoms with van der Waals surface area (Å²) >= 11 is 1.24. The topological polar surface area (TPSA) is 86.7 Å². The summed E-state index contributed by atoms with van der Waals surface area (Å²) in [6.45, 7) is 0.424. The smallest absolute Gasteiger partial charge is 0.345 e. The van der Waals surface area contributed by atoms with E-state index in [0.717, 1.165) is 32.8 Å². The third kappa shape index (κ3) is 4.79. The van der Waals surface area contributed by atoms with E-state index >= 15 is 0 Å². The molecule has 0 radical (unpaired) electrons. The number of thiophene rings is 1. The summed E-state index contributed by atoms with van der Waals surface area (Å²) < 4.78 is 0. The minimum atomic E-state index is -0.945. The largest absolute Gasteiger partial charge is 0.477 e. The summed E-state index contributed by atoms with van der Waals surface area (Å²) in [5.74, 6) is -1.33. The Morgan fingerprint density at radius 2 is 1.45 bits per heavy atom. The summed E-state index contributed by atoms with van der Waals surface area (Å²) in [7, 11) is 0. The van der Waals surface area contributed by atoms with Crippen molar-refractivity contribution in [3.8, 4) is 21.6 Å². The first kappa shape index (κ1) is 25.3. The summed E-state index contributed by atoms with van der Waals surface area (Å²) in [5, 5.41) is 12.4. The van der Waals surface area contributed by atoms with Crippen LogP contribution in [0.5, 0.6) is 0 Å². The Hall–Kier alpha value is -5.01. The summed E-state index contributed by atoms with van der Waals surface area (Å²) in [6, 6.07) is 33.4. The Balaban J connectivity index is 1.23. The van der Waals surface area contributed by atoms with Gasteiger partial charge < -0.3 is 15.3 Å². The van der Waals surface area contributed by atoms with Gasteiger partial charge in [0.1, 0.15) is 4.88 Å². The van der Waals surface area contributed by atoms with Gasteiger partial charge in [-0.15, -0.1) is 11.3 Å². The highest BCUT2D eigenvalue weighted by Gasteiger charge is 2.27. The Kier molecular flexibility index (Phi) is 6.72. The number of carbonyl (C=O) groups is 3. The van der Waals surface area contributed by atoms with Crippen molar-refractivity contribution in [1.29, 1.82) is 0 Å². The molecule has 2 heterocycles. The normalized spacial score (nSPS) is 12.2. The lowest BCUT2D eigenvalue weighted by Gasteiger charge is -2.23. The molecule has 6 nitrogen and oxygen atoms in total. The van der Waals surface area contributed by atoms with Gasteiger partial charge in [-0.1, -0.05) is 66.7 Å². The summed E-state index contributed by atoms with van der Waals surface area (Å²) in [5.41, 5.74) is 5.98. The first-order valence-corrected chi connectivity index (χ1v) is 13.6. The van der Waals surface area contributed by atoms with Crippen LogP contribution in [-0.4, -0.2) is 29.4 Å². The number of aromatic carboxylic acids is 1. The second kappa shape index (κ2) is 10.6. The van der Waals surface area contributed by atoms with Crippen LogP contribution in [-0.2, 0) is 6.42 Å². The third-order valence-corrected chi connectivity index (χ3v) is 8.15. The maximum atomic E-state index is 13.7. The van der Waals surface area contributed by atoms with E-state index in [2.05, 4.69) is 5.32 Å². The monoisotopic (exact) mass is 544 g/mol. The zero-order valence-corrected chi connectivity index (χ0v) is 22.2. The number of nitrogens with zero attached hydrogens (tertiary/aromatic N) is 1. The molecule has 2 N–H and O–H groups in total. The van der Waals surface area contributed by atoms with Crippen LogP contribution in [0.15, 0.2) is 109 Å². The zero-order valence-electron chi connectivity index (χ0n) is 21.3. The minimum Gasteiger partial charge on any atom is -0.477 e. The maximum absolute atomic E-state index is 13.7. The Bertz CT molecular complexity index is 1740. The van der Waals surface area contributed by atoms with Gasteiger partial charge in [0.2, 0.25) is 0 Å². The van der Waals surface area contributed by atoms with E-state index in [1.165, 1.54) is 11.3 Å². The number of nitrogens with one attached hydrogen (secondary N) is 1. The average molecular weight is 545 g/mol. The van der Waals surface area contributed by atoms with Gasteiger partial charge in [-0.05, 0) is 65.6 Å². The fraction of sp³-hybridized carbons (Fsp3) is 0.0606. The van der Waals surface area contributed by atoms with Crippen LogP contribution < -0.4 is 10.2 Å². The van der Waals surface area contributed by atoms with E-state index in [9.17, 15) is 19.5 Å². The Morgan fingerprint density at radius 1 is 0.775 bits per heavy atom. The molecule has 0 fully saturated rings. The van der Waals surface area contributed by atoms with Crippen LogP contribution in [0, 0.1) is 0 Å². The van der Waals surface area contributed by atoms with Crippen LogP contribution in [0.2, 0.25) is 0 Å². The molecule has 0 atom stereocenters. The minimum absolute atomic E-state index is 0.159. The van der Waals surface area contributed by atoms with Crippen molar-refractivity contribution in [2.75, 3.05) is 16.8 Å². The number of anilines is 2. The van der Waals surface area contributed by atoms with Gasteiger partial charge in [0.15, 0.2) is 0 Å². The molecule has 7 heteroatoms. The van der Waals surface area contributed by atoms with Gasteiger partial charge in [-0.2, -0.15) is 0 Å². The molecule has 0 unspecified atom stereocenters. The lowest BCUT2D eigenvalue weighted by atomic mass is 9.99. The highest BCUT2D eigenvalue weighted by molar-refractivity contribution is 7.17. The molecular formula is C33H24N2O4S. The van der Waals surface area contributed by atoms with Crippen molar-refractivity contribution < 1.29 is 19.5 Å². The molecule has 196 valence electrons. The van der Waals surface area contributed by atoms with Gasteiger partial charge >= 0.3 is 5.97 Å². The van der Waals surface area contributed by atoms with E-state index in [0.29, 0.717) is 34.7 Å². The Morgan fingerprint density at radius 3 is 2.20 bits per heavy atom. The molecule has 5 aromatic rings. The molecule has 6 rings (SSSR count). The van der Waals surface area contributed by atoms with Crippen molar-refractivity contribution in [3.63, 3.8) is 0 Å². The van der Waals surface area contributed by atoms with Crippen molar-refractivity contribution in [3.05, 3.63) is 131 Å². The number of carboxylic acids is 1. The van der Waals surface area contributed by atoms with E-state index < -0.39 is 5.97 Å². The first-order chi connectivity index (χ1) is 19.5. The Labute approximate surface area is 235 Å². The molecule has 2 amide bonds. The van der Waals surface area contributed by atoms with Gasteiger partial charge in [0.05, 0.1) is 5.69 Å². The highest BCUT2D eigenvalue weighted by Crippen LogP contribution is 2.41. The number of hydrogen-bond acceptors (Lipinski definition) is 4. The van der Waals surface area contributed by atoms with E-state index in [4.69, 9.17) is 0 Å². The zero-order chi connectivity index (χ0) is 27.6. The second-order valence-corrected chi connectivity index (χ2v) is 10.5. The fourth-order valence-electron chi connectivity index (χ4n) is 5.01.